The molecule has 11 heavy (non-hydrogen) atoms. The highest BCUT2D eigenvalue weighted by molar-refractivity contribution is 7.10. The quantitative estimate of drug-likeness (QED) is 0.578. The van der Waals surface area contributed by atoms with E-state index in [1.54, 1.807) is 11.3 Å². The van der Waals surface area contributed by atoms with Crippen LogP contribution in [0.25, 0.3) is 0 Å². The summed E-state index contributed by atoms with van der Waals surface area (Å²) in [5.74, 6) is 5.80. The third-order valence-corrected chi connectivity index (χ3v) is 2.45. The zero-order valence-electron chi connectivity index (χ0n) is 6.00. The fraction of sp³-hybridized carbons (Fsp3) is 0.333. The van der Waals surface area contributed by atoms with E-state index in [1.165, 1.54) is 0 Å². The van der Waals surface area contributed by atoms with E-state index in [-0.39, 0.29) is 0 Å². The zero-order chi connectivity index (χ0) is 7.73. The predicted octanol–water partition coefficient (Wildman–Crippen LogP) is 1.62. The first-order valence-electron chi connectivity index (χ1n) is 3.58. The maximum absolute atomic E-state index is 9.36. The number of aliphatic hydroxyl groups is 1. The molecule has 0 radical (unpaired) electrons. The molecule has 1 aromatic rings. The van der Waals surface area contributed by atoms with E-state index >= 15 is 0 Å². The molecular formula is C9H8OS. The van der Waals surface area contributed by atoms with Crippen molar-refractivity contribution in [3.63, 3.8) is 0 Å². The summed E-state index contributed by atoms with van der Waals surface area (Å²) in [5, 5.41) is 11.3. The standard InChI is InChI=1S/C9H8OS/c10-9(5-6-9)4-3-8-2-1-7-11-8/h1-2,7,10H,5-6H2. The number of hydrogen-bond donors (Lipinski definition) is 1. The Morgan fingerprint density at radius 1 is 1.55 bits per heavy atom. The van der Waals surface area contributed by atoms with Crippen LogP contribution < -0.4 is 0 Å². The third kappa shape index (κ3) is 1.62. The number of hydrogen-bond acceptors (Lipinski definition) is 2. The fourth-order valence-corrected chi connectivity index (χ4v) is 1.34. The summed E-state index contributed by atoms with van der Waals surface area (Å²) in [7, 11) is 0. The van der Waals surface area contributed by atoms with Crippen molar-refractivity contribution in [2.24, 2.45) is 0 Å². The SMILES string of the molecule is OC1(C#Cc2cccs2)CC1. The average molecular weight is 164 g/mol. The Balaban J connectivity index is 2.14. The molecule has 1 aliphatic carbocycles. The van der Waals surface area contributed by atoms with Crippen LogP contribution in [0, 0.1) is 11.8 Å². The van der Waals surface area contributed by atoms with Crippen molar-refractivity contribution in [1.29, 1.82) is 0 Å². The Labute approximate surface area is 69.7 Å². The maximum Gasteiger partial charge on any atom is 0.126 e. The van der Waals surface area contributed by atoms with Crippen LogP contribution in [0.5, 0.6) is 0 Å². The van der Waals surface area contributed by atoms with E-state index in [0.29, 0.717) is 0 Å². The van der Waals surface area contributed by atoms with Gasteiger partial charge in [-0.2, -0.15) is 0 Å². The summed E-state index contributed by atoms with van der Waals surface area (Å²) in [4.78, 5) is 1.03. The van der Waals surface area contributed by atoms with Crippen LogP contribution in [0.3, 0.4) is 0 Å². The molecule has 0 atom stereocenters. The van der Waals surface area contributed by atoms with E-state index < -0.39 is 5.60 Å². The first kappa shape index (κ1) is 6.90. The van der Waals surface area contributed by atoms with Gasteiger partial charge in [0.2, 0.25) is 0 Å². The summed E-state index contributed by atoms with van der Waals surface area (Å²) in [6.07, 6.45) is 1.68. The van der Waals surface area contributed by atoms with Gasteiger partial charge in [-0.1, -0.05) is 17.9 Å². The predicted molar refractivity (Wildman–Crippen MR) is 45.4 cm³/mol. The van der Waals surface area contributed by atoms with Crippen LogP contribution in [-0.2, 0) is 0 Å². The molecule has 2 heteroatoms. The first-order valence-corrected chi connectivity index (χ1v) is 4.46. The molecule has 0 spiro atoms. The van der Waals surface area contributed by atoms with Crippen LogP contribution in [-0.4, -0.2) is 10.7 Å². The van der Waals surface area contributed by atoms with Gasteiger partial charge in [-0.05, 0) is 24.3 Å². The molecule has 0 aromatic carbocycles. The van der Waals surface area contributed by atoms with Crippen LogP contribution in [0.15, 0.2) is 17.5 Å². The second kappa shape index (κ2) is 2.37. The van der Waals surface area contributed by atoms with E-state index in [4.69, 9.17) is 0 Å². The fourth-order valence-electron chi connectivity index (χ4n) is 0.771. The number of thiophene rings is 1. The molecule has 1 aromatic heterocycles. The van der Waals surface area contributed by atoms with Crippen LogP contribution in [0.2, 0.25) is 0 Å². The molecular weight excluding hydrogens is 156 g/mol. The minimum atomic E-state index is -0.635. The van der Waals surface area contributed by atoms with Gasteiger partial charge in [0.25, 0.3) is 0 Å². The van der Waals surface area contributed by atoms with Crippen molar-refractivity contribution in [3.05, 3.63) is 22.4 Å². The van der Waals surface area contributed by atoms with Gasteiger partial charge in [0.15, 0.2) is 0 Å². The monoisotopic (exact) mass is 164 g/mol. The van der Waals surface area contributed by atoms with E-state index in [0.717, 1.165) is 17.7 Å². The maximum atomic E-state index is 9.36. The highest BCUT2D eigenvalue weighted by atomic mass is 32.1. The lowest BCUT2D eigenvalue weighted by molar-refractivity contribution is 0.212. The molecule has 1 fully saturated rings. The molecule has 56 valence electrons. The minimum absolute atomic E-state index is 0.635. The molecule has 1 nitrogen and oxygen atoms in total. The molecule has 1 heterocycles. The molecule has 0 bridgehead atoms. The summed E-state index contributed by atoms with van der Waals surface area (Å²) < 4.78 is 0. The van der Waals surface area contributed by atoms with Gasteiger partial charge in [-0.3, -0.25) is 0 Å². The van der Waals surface area contributed by atoms with Crippen molar-refractivity contribution in [3.8, 4) is 11.8 Å². The Morgan fingerprint density at radius 3 is 2.91 bits per heavy atom. The molecule has 0 aliphatic heterocycles. The van der Waals surface area contributed by atoms with Crippen LogP contribution in [0.4, 0.5) is 0 Å². The van der Waals surface area contributed by atoms with Crippen molar-refractivity contribution in [2.75, 3.05) is 0 Å². The lowest BCUT2D eigenvalue weighted by Crippen LogP contribution is -2.00. The molecule has 0 saturated heterocycles. The van der Waals surface area contributed by atoms with Gasteiger partial charge in [0, 0.05) is 0 Å². The normalized spacial score (nSPS) is 18.6. The topological polar surface area (TPSA) is 20.2 Å². The third-order valence-electron chi connectivity index (χ3n) is 1.66. The average Bonchev–Trinajstić information content (AvgIpc) is 2.53. The molecule has 1 N–H and O–H groups in total. The molecule has 0 unspecified atom stereocenters. The molecule has 1 aliphatic rings. The van der Waals surface area contributed by atoms with Gasteiger partial charge in [-0.15, -0.1) is 11.3 Å². The Bertz CT molecular complexity index is 298. The van der Waals surface area contributed by atoms with E-state index in [9.17, 15) is 5.11 Å². The van der Waals surface area contributed by atoms with Gasteiger partial charge in [0.05, 0.1) is 4.88 Å². The molecule has 0 amide bonds. The number of rotatable bonds is 0. The molecule has 2 rings (SSSR count). The van der Waals surface area contributed by atoms with Crippen LogP contribution in [0.1, 0.15) is 17.7 Å². The van der Waals surface area contributed by atoms with E-state index in [1.807, 2.05) is 17.5 Å². The first-order chi connectivity index (χ1) is 5.29. The largest absolute Gasteiger partial charge is 0.378 e. The van der Waals surface area contributed by atoms with Crippen molar-refractivity contribution >= 4 is 11.3 Å². The summed E-state index contributed by atoms with van der Waals surface area (Å²) in [6.45, 7) is 0. The smallest absolute Gasteiger partial charge is 0.126 e. The zero-order valence-corrected chi connectivity index (χ0v) is 6.82. The second-order valence-electron chi connectivity index (χ2n) is 2.76. The lowest BCUT2D eigenvalue weighted by atomic mass is 10.3. The Hall–Kier alpha value is -0.780. The summed E-state index contributed by atoms with van der Waals surface area (Å²) >= 11 is 1.61. The van der Waals surface area contributed by atoms with Gasteiger partial charge in [0.1, 0.15) is 5.60 Å². The van der Waals surface area contributed by atoms with E-state index in [2.05, 4.69) is 11.8 Å². The van der Waals surface area contributed by atoms with Crippen LogP contribution >= 0.6 is 11.3 Å². The summed E-state index contributed by atoms with van der Waals surface area (Å²) in [6, 6.07) is 3.93. The van der Waals surface area contributed by atoms with Crippen molar-refractivity contribution < 1.29 is 5.11 Å². The highest BCUT2D eigenvalue weighted by Gasteiger charge is 2.38. The van der Waals surface area contributed by atoms with Crippen molar-refractivity contribution in [1.82, 2.24) is 0 Å². The lowest BCUT2D eigenvalue weighted by Gasteiger charge is -1.90. The van der Waals surface area contributed by atoms with Gasteiger partial charge >= 0.3 is 0 Å². The minimum Gasteiger partial charge on any atom is -0.378 e. The van der Waals surface area contributed by atoms with Gasteiger partial charge in [-0.25, -0.2) is 0 Å². The summed E-state index contributed by atoms with van der Waals surface area (Å²) in [5.41, 5.74) is -0.635. The van der Waals surface area contributed by atoms with Crippen molar-refractivity contribution in [2.45, 2.75) is 18.4 Å². The van der Waals surface area contributed by atoms with Gasteiger partial charge < -0.3 is 5.11 Å². The Morgan fingerprint density at radius 2 is 2.36 bits per heavy atom. The Kier molecular flexibility index (Phi) is 1.49. The molecule has 1 saturated carbocycles. The highest BCUT2D eigenvalue weighted by Crippen LogP contribution is 2.34. The second-order valence-corrected chi connectivity index (χ2v) is 3.71.